The molecule has 0 atom stereocenters. The molecule has 1 N–H and O–H groups in total. The van der Waals surface area contributed by atoms with E-state index in [0.717, 1.165) is 0 Å². The number of benzene rings is 1. The fraction of sp³-hybridized carbons (Fsp3) is 0.333. The monoisotopic (exact) mass is 304 g/mol. The van der Waals surface area contributed by atoms with Crippen molar-refractivity contribution in [3.05, 3.63) is 28.2 Å². The maximum Gasteiger partial charge on any atom is 0.220 e. The molecule has 1 aromatic rings. The minimum atomic E-state index is -1.25. The Morgan fingerprint density at radius 3 is 2.63 bits per heavy atom. The Balaban J connectivity index is 2.23. The van der Waals surface area contributed by atoms with E-state index in [1.165, 1.54) is 0 Å². The summed E-state index contributed by atoms with van der Waals surface area (Å²) in [7, 11) is 0. The number of carboxylic acid groups (broad SMARTS) is 1. The predicted molar refractivity (Wildman–Crippen MR) is 69.2 cm³/mol. The molecule has 104 valence electrons. The van der Waals surface area contributed by atoms with Crippen molar-refractivity contribution in [3.8, 4) is 5.75 Å². The molecule has 0 aliphatic rings. The molecule has 0 radical (unpaired) electrons. The average Bonchev–Trinajstić information content (AvgIpc) is 2.34. The molecule has 0 saturated heterocycles. The summed E-state index contributed by atoms with van der Waals surface area (Å²) in [5, 5.41) is 13.5. The van der Waals surface area contributed by atoms with E-state index >= 15 is 0 Å². The molecular weight excluding hydrogens is 293 g/mol. The molecular formula is C12H12Cl2NO4-. The number of amides is 1. The zero-order valence-corrected chi connectivity index (χ0v) is 11.5. The van der Waals surface area contributed by atoms with Crippen molar-refractivity contribution in [3.63, 3.8) is 0 Å². The number of rotatable bonds is 7. The van der Waals surface area contributed by atoms with Gasteiger partial charge in [0.05, 0.1) is 11.6 Å². The number of aliphatic carboxylic acids is 1. The van der Waals surface area contributed by atoms with E-state index in [9.17, 15) is 14.7 Å². The normalized spacial score (nSPS) is 10.0. The van der Waals surface area contributed by atoms with Crippen LogP contribution in [0.5, 0.6) is 5.75 Å². The lowest BCUT2D eigenvalue weighted by Crippen LogP contribution is -2.30. The van der Waals surface area contributed by atoms with Crippen molar-refractivity contribution in [2.75, 3.05) is 13.2 Å². The first-order valence-electron chi connectivity index (χ1n) is 5.53. The van der Waals surface area contributed by atoms with E-state index in [2.05, 4.69) is 5.32 Å². The van der Waals surface area contributed by atoms with Crippen LogP contribution in [0.2, 0.25) is 10.0 Å². The van der Waals surface area contributed by atoms with Crippen LogP contribution >= 0.6 is 23.2 Å². The van der Waals surface area contributed by atoms with Crippen LogP contribution in [0.25, 0.3) is 0 Å². The molecule has 0 fully saturated rings. The van der Waals surface area contributed by atoms with Crippen molar-refractivity contribution >= 4 is 35.1 Å². The molecule has 0 aromatic heterocycles. The molecule has 0 aliphatic carbocycles. The van der Waals surface area contributed by atoms with Crippen LogP contribution < -0.4 is 15.2 Å². The highest BCUT2D eigenvalue weighted by atomic mass is 35.5. The SMILES string of the molecule is O=C([O-])CCC(=O)NCCOc1ccc(Cl)cc1Cl. The lowest BCUT2D eigenvalue weighted by Gasteiger charge is -2.09. The Bertz CT molecular complexity index is 465. The number of nitrogens with one attached hydrogen (secondary N) is 1. The van der Waals surface area contributed by atoms with Crippen LogP contribution in [-0.2, 0) is 9.59 Å². The lowest BCUT2D eigenvalue weighted by molar-refractivity contribution is -0.305. The fourth-order valence-corrected chi connectivity index (χ4v) is 1.71. The van der Waals surface area contributed by atoms with Gasteiger partial charge in [-0.3, -0.25) is 4.79 Å². The number of halogens is 2. The van der Waals surface area contributed by atoms with Crippen molar-refractivity contribution in [2.45, 2.75) is 12.8 Å². The smallest absolute Gasteiger partial charge is 0.220 e. The summed E-state index contributed by atoms with van der Waals surface area (Å²) in [4.78, 5) is 21.3. The van der Waals surface area contributed by atoms with Crippen LogP contribution in [-0.4, -0.2) is 25.0 Å². The highest BCUT2D eigenvalue weighted by molar-refractivity contribution is 6.35. The largest absolute Gasteiger partial charge is 0.550 e. The molecule has 0 saturated carbocycles. The highest BCUT2D eigenvalue weighted by Gasteiger charge is 2.03. The molecule has 5 nitrogen and oxygen atoms in total. The molecule has 0 unspecified atom stereocenters. The lowest BCUT2D eigenvalue weighted by atomic mass is 10.3. The Morgan fingerprint density at radius 1 is 1.26 bits per heavy atom. The maximum absolute atomic E-state index is 11.2. The summed E-state index contributed by atoms with van der Waals surface area (Å²) < 4.78 is 5.33. The first-order chi connectivity index (χ1) is 8.99. The first kappa shape index (κ1) is 15.6. The van der Waals surface area contributed by atoms with Gasteiger partial charge in [0.15, 0.2) is 0 Å². The molecule has 19 heavy (non-hydrogen) atoms. The van der Waals surface area contributed by atoms with E-state index in [4.69, 9.17) is 27.9 Å². The van der Waals surface area contributed by atoms with Crippen molar-refractivity contribution in [1.82, 2.24) is 5.32 Å². The van der Waals surface area contributed by atoms with Gasteiger partial charge < -0.3 is 20.0 Å². The first-order valence-corrected chi connectivity index (χ1v) is 6.29. The second kappa shape index (κ2) is 7.86. The zero-order valence-electron chi connectivity index (χ0n) is 9.95. The number of carbonyl (C=O) groups is 2. The fourth-order valence-electron chi connectivity index (χ4n) is 1.25. The van der Waals surface area contributed by atoms with Crippen LogP contribution in [0.1, 0.15) is 12.8 Å². The Hall–Kier alpha value is -1.46. The predicted octanol–water partition coefficient (Wildman–Crippen LogP) is 1.02. The quantitative estimate of drug-likeness (QED) is 0.763. The zero-order chi connectivity index (χ0) is 14.3. The number of carboxylic acids is 1. The van der Waals surface area contributed by atoms with Crippen LogP contribution in [0.4, 0.5) is 0 Å². The van der Waals surface area contributed by atoms with Gasteiger partial charge in [-0.25, -0.2) is 0 Å². The van der Waals surface area contributed by atoms with E-state index in [-0.39, 0.29) is 31.9 Å². The van der Waals surface area contributed by atoms with Gasteiger partial charge >= 0.3 is 0 Å². The summed E-state index contributed by atoms with van der Waals surface area (Å²) >= 11 is 11.6. The summed E-state index contributed by atoms with van der Waals surface area (Å²) in [6, 6.07) is 4.82. The van der Waals surface area contributed by atoms with Crippen LogP contribution in [0, 0.1) is 0 Å². The number of hydrogen-bond acceptors (Lipinski definition) is 4. The molecule has 1 aromatic carbocycles. The molecule has 0 bridgehead atoms. The minimum absolute atomic E-state index is 0.107. The van der Waals surface area contributed by atoms with Gasteiger partial charge in [-0.15, -0.1) is 0 Å². The summed E-state index contributed by atoms with van der Waals surface area (Å²) in [5.74, 6) is -1.15. The van der Waals surface area contributed by atoms with E-state index in [1.807, 2.05) is 0 Å². The number of ether oxygens (including phenoxy) is 1. The standard InChI is InChI=1S/C12H13Cl2NO4/c13-8-1-2-10(9(14)7-8)19-6-5-15-11(16)3-4-12(17)18/h1-2,7H,3-6H2,(H,15,16)(H,17,18)/p-1. The summed E-state index contributed by atoms with van der Waals surface area (Å²) in [5.41, 5.74) is 0. The van der Waals surface area contributed by atoms with Crippen molar-refractivity contribution in [2.24, 2.45) is 0 Å². The second-order valence-corrected chi connectivity index (χ2v) is 4.49. The van der Waals surface area contributed by atoms with Crippen molar-refractivity contribution in [1.29, 1.82) is 0 Å². The van der Waals surface area contributed by atoms with E-state index < -0.39 is 5.97 Å². The third-order valence-electron chi connectivity index (χ3n) is 2.13. The number of hydrogen-bond donors (Lipinski definition) is 1. The van der Waals surface area contributed by atoms with Gasteiger partial charge in [-0.05, 0) is 24.6 Å². The third-order valence-corrected chi connectivity index (χ3v) is 2.66. The highest BCUT2D eigenvalue weighted by Crippen LogP contribution is 2.27. The Kier molecular flexibility index (Phi) is 6.45. The third kappa shape index (κ3) is 6.31. The second-order valence-electron chi connectivity index (χ2n) is 3.65. The van der Waals surface area contributed by atoms with Crippen molar-refractivity contribution < 1.29 is 19.4 Å². The molecule has 1 amide bonds. The maximum atomic E-state index is 11.2. The summed E-state index contributed by atoms with van der Waals surface area (Å²) in [6.07, 6.45) is -0.403. The molecule has 0 heterocycles. The topological polar surface area (TPSA) is 78.5 Å². The number of carbonyl (C=O) groups excluding carboxylic acids is 2. The summed E-state index contributed by atoms with van der Waals surface area (Å²) in [6.45, 7) is 0.475. The Labute approximate surface area is 120 Å². The van der Waals surface area contributed by atoms with Gasteiger partial charge in [-0.1, -0.05) is 23.2 Å². The van der Waals surface area contributed by atoms with Gasteiger partial charge in [0.25, 0.3) is 0 Å². The van der Waals surface area contributed by atoms with Gasteiger partial charge in [0.2, 0.25) is 5.91 Å². The Morgan fingerprint density at radius 2 is 2.00 bits per heavy atom. The van der Waals surface area contributed by atoms with E-state index in [1.54, 1.807) is 18.2 Å². The van der Waals surface area contributed by atoms with Gasteiger partial charge in [-0.2, -0.15) is 0 Å². The van der Waals surface area contributed by atoms with Gasteiger partial charge in [0.1, 0.15) is 12.4 Å². The molecule has 1 rings (SSSR count). The van der Waals surface area contributed by atoms with Crippen LogP contribution in [0.15, 0.2) is 18.2 Å². The molecule has 0 spiro atoms. The van der Waals surface area contributed by atoms with E-state index in [0.29, 0.717) is 15.8 Å². The molecule has 7 heteroatoms. The minimum Gasteiger partial charge on any atom is -0.550 e. The average molecular weight is 305 g/mol. The molecule has 0 aliphatic heterocycles. The van der Waals surface area contributed by atoms with Gasteiger partial charge in [0, 0.05) is 17.4 Å². The van der Waals surface area contributed by atoms with Crippen LogP contribution in [0.3, 0.4) is 0 Å².